The van der Waals surface area contributed by atoms with Crippen molar-refractivity contribution in [3.05, 3.63) is 29.3 Å². The summed E-state index contributed by atoms with van der Waals surface area (Å²) in [5, 5.41) is 2.76. The number of sulfonamides is 1. The van der Waals surface area contributed by atoms with Crippen molar-refractivity contribution in [2.45, 2.75) is 18.2 Å². The first kappa shape index (κ1) is 18.7. The number of benzene rings is 1. The monoisotopic (exact) mass is 373 g/mol. The quantitative estimate of drug-likeness (QED) is 0.823. The fourth-order valence-corrected chi connectivity index (χ4v) is 4.39. The van der Waals surface area contributed by atoms with Gasteiger partial charge in [0.05, 0.1) is 5.02 Å². The van der Waals surface area contributed by atoms with Crippen LogP contribution in [0.1, 0.15) is 13.3 Å². The molecular weight excluding hydrogens is 354 g/mol. The summed E-state index contributed by atoms with van der Waals surface area (Å²) in [4.78, 5) is 24.5. The Morgan fingerprint density at radius 3 is 2.38 bits per heavy atom. The maximum atomic E-state index is 12.6. The number of nitrogens with zero attached hydrogens (tertiary/aromatic N) is 2. The lowest BCUT2D eigenvalue weighted by Gasteiger charge is -2.34. The molecule has 1 saturated heterocycles. The second-order valence-corrected chi connectivity index (χ2v) is 7.76. The Labute approximate surface area is 146 Å². The van der Waals surface area contributed by atoms with Crippen molar-refractivity contribution in [3.8, 4) is 0 Å². The van der Waals surface area contributed by atoms with Crippen LogP contribution in [-0.2, 0) is 19.6 Å². The molecule has 1 fully saturated rings. The van der Waals surface area contributed by atoms with Gasteiger partial charge in [-0.2, -0.15) is 4.31 Å². The van der Waals surface area contributed by atoms with E-state index in [-0.39, 0.29) is 47.8 Å². The molecule has 1 N–H and O–H groups in total. The summed E-state index contributed by atoms with van der Waals surface area (Å²) in [5.74, 6) is -0.281. The third-order valence-electron chi connectivity index (χ3n) is 3.76. The van der Waals surface area contributed by atoms with Gasteiger partial charge in [0.1, 0.15) is 4.90 Å². The van der Waals surface area contributed by atoms with Crippen LogP contribution in [0.3, 0.4) is 0 Å². The Bertz CT molecular complexity index is 715. The molecule has 1 aliphatic heterocycles. The van der Waals surface area contributed by atoms with Crippen molar-refractivity contribution in [2.75, 3.05) is 32.7 Å². The first-order valence-corrected chi connectivity index (χ1v) is 9.41. The van der Waals surface area contributed by atoms with E-state index in [9.17, 15) is 18.0 Å². The van der Waals surface area contributed by atoms with E-state index >= 15 is 0 Å². The molecule has 2 amide bonds. The van der Waals surface area contributed by atoms with E-state index in [2.05, 4.69) is 5.32 Å². The Balaban J connectivity index is 1.94. The van der Waals surface area contributed by atoms with Crippen molar-refractivity contribution in [1.29, 1.82) is 0 Å². The van der Waals surface area contributed by atoms with Crippen LogP contribution in [-0.4, -0.2) is 62.2 Å². The molecule has 0 bridgehead atoms. The largest absolute Gasteiger partial charge is 0.356 e. The summed E-state index contributed by atoms with van der Waals surface area (Å²) in [6.45, 7) is 2.76. The van der Waals surface area contributed by atoms with Crippen LogP contribution in [0, 0.1) is 0 Å². The van der Waals surface area contributed by atoms with Crippen LogP contribution in [0.4, 0.5) is 0 Å². The number of hydrogen-bond acceptors (Lipinski definition) is 4. The van der Waals surface area contributed by atoms with Crippen LogP contribution >= 0.6 is 11.6 Å². The number of rotatable bonds is 5. The zero-order valence-corrected chi connectivity index (χ0v) is 14.9. The fourth-order valence-electron chi connectivity index (χ4n) is 2.47. The highest BCUT2D eigenvalue weighted by molar-refractivity contribution is 7.89. The third-order valence-corrected chi connectivity index (χ3v) is 6.16. The fraction of sp³-hybridized carbons (Fsp3) is 0.467. The normalized spacial score (nSPS) is 16.0. The highest BCUT2D eigenvalue weighted by atomic mass is 35.5. The summed E-state index contributed by atoms with van der Waals surface area (Å²) in [7, 11) is -3.66. The number of hydrogen-bond donors (Lipinski definition) is 1. The Hall–Kier alpha value is -1.64. The van der Waals surface area contributed by atoms with E-state index in [1.165, 1.54) is 23.4 Å². The number of amides is 2. The molecule has 0 saturated carbocycles. The topological polar surface area (TPSA) is 86.8 Å². The summed E-state index contributed by atoms with van der Waals surface area (Å²) in [5.41, 5.74) is 0. The van der Waals surface area contributed by atoms with E-state index < -0.39 is 10.0 Å². The zero-order valence-electron chi connectivity index (χ0n) is 13.4. The number of piperazine rings is 1. The molecule has 1 aromatic carbocycles. The van der Waals surface area contributed by atoms with Gasteiger partial charge in [-0.1, -0.05) is 23.7 Å². The lowest BCUT2D eigenvalue weighted by Crippen LogP contribution is -2.50. The van der Waals surface area contributed by atoms with Crippen molar-refractivity contribution >= 4 is 33.4 Å². The second kappa shape index (κ2) is 7.96. The van der Waals surface area contributed by atoms with Crippen molar-refractivity contribution in [1.82, 2.24) is 14.5 Å². The molecular formula is C15H20ClN3O4S. The van der Waals surface area contributed by atoms with Gasteiger partial charge < -0.3 is 10.2 Å². The predicted molar refractivity (Wildman–Crippen MR) is 90.1 cm³/mol. The van der Waals surface area contributed by atoms with Crippen molar-refractivity contribution in [3.63, 3.8) is 0 Å². The van der Waals surface area contributed by atoms with Crippen molar-refractivity contribution in [2.24, 2.45) is 0 Å². The summed E-state index contributed by atoms with van der Waals surface area (Å²) >= 11 is 5.99. The summed E-state index contributed by atoms with van der Waals surface area (Å²) in [6, 6.07) is 6.31. The van der Waals surface area contributed by atoms with Crippen LogP contribution in [0.5, 0.6) is 0 Å². The summed E-state index contributed by atoms with van der Waals surface area (Å²) in [6.07, 6.45) is 0.205. The molecule has 1 aliphatic rings. The lowest BCUT2D eigenvalue weighted by molar-refractivity contribution is -0.132. The van der Waals surface area contributed by atoms with Gasteiger partial charge in [0, 0.05) is 46.1 Å². The Kier molecular flexibility index (Phi) is 6.20. The SMILES string of the molecule is CC(=O)NCCC(=O)N1CCN(S(=O)(=O)c2ccccc2Cl)CC1. The molecule has 0 spiro atoms. The van der Waals surface area contributed by atoms with E-state index in [1.807, 2.05) is 0 Å². The minimum atomic E-state index is -3.66. The highest BCUT2D eigenvalue weighted by Crippen LogP contribution is 2.25. The zero-order chi connectivity index (χ0) is 17.7. The van der Waals surface area contributed by atoms with Gasteiger partial charge in [-0.15, -0.1) is 0 Å². The first-order valence-electron chi connectivity index (χ1n) is 7.59. The first-order chi connectivity index (χ1) is 11.3. The highest BCUT2D eigenvalue weighted by Gasteiger charge is 2.31. The average Bonchev–Trinajstić information content (AvgIpc) is 2.54. The van der Waals surface area contributed by atoms with Gasteiger partial charge in [-0.05, 0) is 12.1 Å². The van der Waals surface area contributed by atoms with Crippen LogP contribution in [0.2, 0.25) is 5.02 Å². The molecule has 9 heteroatoms. The molecule has 0 aliphatic carbocycles. The van der Waals surface area contributed by atoms with Crippen LogP contribution < -0.4 is 5.32 Å². The van der Waals surface area contributed by atoms with Gasteiger partial charge in [0.15, 0.2) is 0 Å². The third kappa shape index (κ3) is 4.46. The van der Waals surface area contributed by atoms with Crippen LogP contribution in [0.15, 0.2) is 29.2 Å². The summed E-state index contributed by atoms with van der Waals surface area (Å²) < 4.78 is 26.6. The number of halogens is 1. The Morgan fingerprint density at radius 2 is 1.79 bits per heavy atom. The molecule has 132 valence electrons. The lowest BCUT2D eigenvalue weighted by atomic mass is 10.3. The predicted octanol–water partition coefficient (Wildman–Crippen LogP) is 0.699. The van der Waals surface area contributed by atoms with Gasteiger partial charge in [0.25, 0.3) is 0 Å². The smallest absolute Gasteiger partial charge is 0.244 e. The van der Waals surface area contributed by atoms with E-state index in [4.69, 9.17) is 11.6 Å². The van der Waals surface area contributed by atoms with Gasteiger partial charge in [0.2, 0.25) is 21.8 Å². The van der Waals surface area contributed by atoms with E-state index in [1.54, 1.807) is 17.0 Å². The van der Waals surface area contributed by atoms with Gasteiger partial charge in [-0.25, -0.2) is 8.42 Å². The molecule has 1 aromatic rings. The standard InChI is InChI=1S/C15H20ClN3O4S/c1-12(20)17-7-6-15(21)18-8-10-19(11-9-18)24(22,23)14-5-3-2-4-13(14)16/h2-5H,6-11H2,1H3,(H,17,20). The average molecular weight is 374 g/mol. The second-order valence-electron chi connectivity index (χ2n) is 5.45. The van der Waals surface area contributed by atoms with Gasteiger partial charge >= 0.3 is 0 Å². The molecule has 0 atom stereocenters. The van der Waals surface area contributed by atoms with Crippen LogP contribution in [0.25, 0.3) is 0 Å². The maximum absolute atomic E-state index is 12.6. The van der Waals surface area contributed by atoms with Crippen molar-refractivity contribution < 1.29 is 18.0 Å². The molecule has 0 aromatic heterocycles. The maximum Gasteiger partial charge on any atom is 0.244 e. The number of carbonyl (C=O) groups is 2. The minimum absolute atomic E-state index is 0.0806. The molecule has 2 rings (SSSR count). The van der Waals surface area contributed by atoms with E-state index in [0.717, 1.165) is 0 Å². The molecule has 1 heterocycles. The van der Waals surface area contributed by atoms with E-state index in [0.29, 0.717) is 13.1 Å². The number of carbonyl (C=O) groups excluding carboxylic acids is 2. The minimum Gasteiger partial charge on any atom is -0.356 e. The molecule has 7 nitrogen and oxygen atoms in total. The molecule has 0 radical (unpaired) electrons. The number of nitrogens with one attached hydrogen (secondary N) is 1. The van der Waals surface area contributed by atoms with Gasteiger partial charge in [-0.3, -0.25) is 9.59 Å². The Morgan fingerprint density at radius 1 is 1.17 bits per heavy atom. The molecule has 24 heavy (non-hydrogen) atoms. The molecule has 0 unspecified atom stereocenters.